The van der Waals surface area contributed by atoms with Gasteiger partial charge in [-0.25, -0.2) is 0 Å². The lowest BCUT2D eigenvalue weighted by Gasteiger charge is -2.25. The summed E-state index contributed by atoms with van der Waals surface area (Å²) in [6, 6.07) is 13.9. The van der Waals surface area contributed by atoms with Crippen molar-refractivity contribution in [2.75, 3.05) is 0 Å². The summed E-state index contributed by atoms with van der Waals surface area (Å²) >= 11 is 1.28. The highest BCUT2D eigenvalue weighted by Gasteiger charge is 2.29. The maximum absolute atomic E-state index is 12.1. The first kappa shape index (κ1) is 16.1. The minimum atomic E-state index is -1.14. The van der Waals surface area contributed by atoms with E-state index in [1.54, 1.807) is 6.92 Å². The molecule has 0 aromatic heterocycles. The summed E-state index contributed by atoms with van der Waals surface area (Å²) in [5, 5.41) is 12.9. The molecule has 3 heteroatoms. The molecule has 2 aromatic carbocycles. The second kappa shape index (κ2) is 5.82. The molecule has 0 amide bonds. The van der Waals surface area contributed by atoms with Gasteiger partial charge in [-0.3, -0.25) is 4.79 Å². The first-order valence-corrected chi connectivity index (χ1v) is 7.92. The Morgan fingerprint density at radius 1 is 1.05 bits per heavy atom. The van der Waals surface area contributed by atoms with E-state index in [1.165, 1.54) is 11.8 Å². The van der Waals surface area contributed by atoms with Gasteiger partial charge in [0.05, 0.1) is 5.60 Å². The van der Waals surface area contributed by atoms with Crippen LogP contribution in [0.25, 0.3) is 10.8 Å². The number of benzene rings is 2. The predicted octanol–water partition coefficient (Wildman–Crippen LogP) is 4.50. The zero-order valence-corrected chi connectivity index (χ0v) is 13.8. The average molecular weight is 302 g/mol. The minimum Gasteiger partial charge on any atom is -0.385 e. The summed E-state index contributed by atoms with van der Waals surface area (Å²) in [5.74, 6) is 0. The van der Waals surface area contributed by atoms with Crippen molar-refractivity contribution < 1.29 is 9.90 Å². The summed E-state index contributed by atoms with van der Waals surface area (Å²) in [6.45, 7) is 7.71. The molecule has 1 N–H and O–H groups in total. The first-order valence-electron chi connectivity index (χ1n) is 7.11. The summed E-state index contributed by atoms with van der Waals surface area (Å²) < 4.78 is -0.128. The van der Waals surface area contributed by atoms with Crippen molar-refractivity contribution in [3.63, 3.8) is 0 Å². The Morgan fingerprint density at radius 3 is 2.29 bits per heavy atom. The minimum absolute atomic E-state index is 0.0145. The highest BCUT2D eigenvalue weighted by Crippen LogP contribution is 2.33. The number of hydrogen-bond acceptors (Lipinski definition) is 3. The molecule has 0 saturated heterocycles. The van der Waals surface area contributed by atoms with Crippen LogP contribution in [0.3, 0.4) is 0 Å². The van der Waals surface area contributed by atoms with Crippen LogP contribution in [0.15, 0.2) is 42.5 Å². The van der Waals surface area contributed by atoms with E-state index in [0.717, 1.165) is 16.3 Å². The third-order valence-corrected chi connectivity index (χ3v) is 4.26. The van der Waals surface area contributed by atoms with E-state index >= 15 is 0 Å². The van der Waals surface area contributed by atoms with Gasteiger partial charge in [-0.15, -0.1) is 0 Å². The topological polar surface area (TPSA) is 37.3 Å². The van der Waals surface area contributed by atoms with Crippen LogP contribution in [-0.4, -0.2) is 15.0 Å². The largest absolute Gasteiger partial charge is 0.385 e. The molecule has 0 radical (unpaired) electrons. The van der Waals surface area contributed by atoms with Crippen LogP contribution in [0.4, 0.5) is 0 Å². The Kier molecular flexibility index (Phi) is 4.45. The monoisotopic (exact) mass is 302 g/mol. The summed E-state index contributed by atoms with van der Waals surface area (Å²) in [5.41, 5.74) is -0.358. The lowest BCUT2D eigenvalue weighted by Crippen LogP contribution is -2.25. The van der Waals surface area contributed by atoms with Crippen LogP contribution < -0.4 is 0 Å². The number of fused-ring (bicyclic) bond motifs is 1. The molecular formula is C18H22O2S. The van der Waals surface area contributed by atoms with Crippen molar-refractivity contribution in [1.29, 1.82) is 0 Å². The Balaban J connectivity index is 2.22. The highest BCUT2D eigenvalue weighted by atomic mass is 32.2. The summed E-state index contributed by atoms with van der Waals surface area (Å²) in [4.78, 5) is 12.1. The van der Waals surface area contributed by atoms with Crippen molar-refractivity contribution in [3.8, 4) is 0 Å². The van der Waals surface area contributed by atoms with Gasteiger partial charge in [-0.05, 0) is 29.3 Å². The van der Waals surface area contributed by atoms with Crippen molar-refractivity contribution in [2.24, 2.45) is 0 Å². The van der Waals surface area contributed by atoms with Crippen molar-refractivity contribution in [3.05, 3.63) is 48.0 Å². The molecule has 0 saturated carbocycles. The lowest BCUT2D eigenvalue weighted by atomic mass is 9.91. The first-order chi connectivity index (χ1) is 9.67. The zero-order valence-electron chi connectivity index (χ0n) is 13.0. The third kappa shape index (κ3) is 4.32. The van der Waals surface area contributed by atoms with E-state index < -0.39 is 5.60 Å². The molecule has 0 unspecified atom stereocenters. The molecule has 0 aliphatic rings. The van der Waals surface area contributed by atoms with Crippen molar-refractivity contribution >= 4 is 27.6 Å². The Bertz CT molecular complexity index is 654. The molecule has 2 nitrogen and oxygen atoms in total. The van der Waals surface area contributed by atoms with Gasteiger partial charge < -0.3 is 5.11 Å². The quantitative estimate of drug-likeness (QED) is 0.907. The van der Waals surface area contributed by atoms with Crippen LogP contribution in [0, 0.1) is 0 Å². The Hall–Kier alpha value is -1.32. The van der Waals surface area contributed by atoms with Gasteiger partial charge in [0.2, 0.25) is 0 Å². The van der Waals surface area contributed by atoms with E-state index in [2.05, 4.69) is 0 Å². The van der Waals surface area contributed by atoms with Crippen LogP contribution in [0.5, 0.6) is 0 Å². The summed E-state index contributed by atoms with van der Waals surface area (Å²) in [6.07, 6.45) is 0.118. The maximum atomic E-state index is 12.1. The number of hydrogen-bond donors (Lipinski definition) is 1. The second-order valence-electron chi connectivity index (χ2n) is 6.60. The van der Waals surface area contributed by atoms with Gasteiger partial charge in [0.15, 0.2) is 5.12 Å². The fourth-order valence-electron chi connectivity index (χ4n) is 2.29. The predicted molar refractivity (Wildman–Crippen MR) is 90.5 cm³/mol. The van der Waals surface area contributed by atoms with E-state index in [1.807, 2.05) is 63.2 Å². The normalized spacial score (nSPS) is 14.9. The second-order valence-corrected chi connectivity index (χ2v) is 8.48. The number of rotatable bonds is 3. The molecule has 0 fully saturated rings. The van der Waals surface area contributed by atoms with Crippen molar-refractivity contribution in [2.45, 2.75) is 44.5 Å². The molecule has 0 heterocycles. The average Bonchev–Trinajstić information content (AvgIpc) is 2.35. The lowest BCUT2D eigenvalue weighted by molar-refractivity contribution is -0.115. The number of aliphatic hydroxyl groups is 1. The van der Waals surface area contributed by atoms with E-state index in [9.17, 15) is 9.90 Å². The standard InChI is InChI=1S/C18H22O2S/c1-17(2,3)21-16(19)12-18(4,20)15-10-9-13-7-5-6-8-14(13)11-15/h5-11,20H,12H2,1-4H3/t18-/m1/s1. The number of thioether (sulfide) groups is 1. The Morgan fingerprint density at radius 2 is 1.67 bits per heavy atom. The van der Waals surface area contributed by atoms with Crippen LogP contribution in [0.1, 0.15) is 39.7 Å². The Labute approximate surface area is 130 Å². The third-order valence-electron chi connectivity index (χ3n) is 3.28. The molecule has 0 aliphatic carbocycles. The van der Waals surface area contributed by atoms with Gasteiger partial charge in [-0.1, -0.05) is 68.9 Å². The number of carbonyl (C=O) groups excluding carboxylic acids is 1. The molecule has 2 rings (SSSR count). The molecule has 2 aromatic rings. The fourth-order valence-corrected chi connectivity index (χ4v) is 3.32. The van der Waals surface area contributed by atoms with Gasteiger partial charge >= 0.3 is 0 Å². The smallest absolute Gasteiger partial charge is 0.192 e. The van der Waals surface area contributed by atoms with E-state index in [-0.39, 0.29) is 16.3 Å². The number of carbonyl (C=O) groups is 1. The maximum Gasteiger partial charge on any atom is 0.192 e. The highest BCUT2D eigenvalue weighted by molar-refractivity contribution is 8.14. The molecule has 1 atom stereocenters. The van der Waals surface area contributed by atoms with E-state index in [0.29, 0.717) is 0 Å². The van der Waals surface area contributed by atoms with Gasteiger partial charge in [0.25, 0.3) is 0 Å². The molecule has 112 valence electrons. The van der Waals surface area contributed by atoms with Gasteiger partial charge in [0.1, 0.15) is 0 Å². The molecule has 0 spiro atoms. The molecular weight excluding hydrogens is 280 g/mol. The van der Waals surface area contributed by atoms with Gasteiger partial charge in [0, 0.05) is 11.2 Å². The van der Waals surface area contributed by atoms with Crippen LogP contribution in [-0.2, 0) is 10.4 Å². The van der Waals surface area contributed by atoms with E-state index in [4.69, 9.17) is 0 Å². The molecule has 0 bridgehead atoms. The van der Waals surface area contributed by atoms with Crippen LogP contribution >= 0.6 is 11.8 Å². The molecule has 21 heavy (non-hydrogen) atoms. The fraction of sp³-hybridized carbons (Fsp3) is 0.389. The SMILES string of the molecule is CC(C)(C)SC(=O)C[C@@](C)(O)c1ccc2ccccc2c1. The van der Waals surface area contributed by atoms with Crippen LogP contribution in [0.2, 0.25) is 0 Å². The zero-order chi connectivity index (χ0) is 15.7. The van der Waals surface area contributed by atoms with Crippen molar-refractivity contribution in [1.82, 2.24) is 0 Å². The summed E-state index contributed by atoms with van der Waals surface area (Å²) in [7, 11) is 0. The molecule has 0 aliphatic heterocycles. The van der Waals surface area contributed by atoms with Gasteiger partial charge in [-0.2, -0.15) is 0 Å².